The third-order valence-corrected chi connectivity index (χ3v) is 5.77. The van der Waals surface area contributed by atoms with Crippen molar-refractivity contribution in [1.82, 2.24) is 20.3 Å². The van der Waals surface area contributed by atoms with E-state index in [1.807, 2.05) is 0 Å². The minimum atomic E-state index is -3.60. The van der Waals surface area contributed by atoms with E-state index in [-0.39, 0.29) is 23.8 Å². The number of amides is 1. The summed E-state index contributed by atoms with van der Waals surface area (Å²) in [5.41, 5.74) is 0. The summed E-state index contributed by atoms with van der Waals surface area (Å²) in [5, 5.41) is 6.30. The number of carbonyl (C=O) groups excluding carboxylic acids is 1. The molecule has 1 fully saturated rings. The van der Waals surface area contributed by atoms with Gasteiger partial charge < -0.3 is 10.6 Å². The first-order chi connectivity index (χ1) is 12.1. The van der Waals surface area contributed by atoms with Gasteiger partial charge in [0.25, 0.3) is 0 Å². The highest BCUT2D eigenvalue weighted by atomic mass is 32.2. The van der Waals surface area contributed by atoms with Crippen LogP contribution in [0, 0.1) is 0 Å². The van der Waals surface area contributed by atoms with E-state index in [2.05, 4.69) is 20.3 Å². The molecule has 1 aromatic heterocycles. The molecule has 3 N–H and O–H groups in total. The number of nitrogens with one attached hydrogen (secondary N) is 3. The molecule has 0 aliphatic heterocycles. The third-order valence-electron chi connectivity index (χ3n) is 4.32. The molecule has 7 nitrogen and oxygen atoms in total. The number of pyridine rings is 1. The van der Waals surface area contributed by atoms with Crippen molar-refractivity contribution < 1.29 is 13.2 Å². The van der Waals surface area contributed by atoms with E-state index < -0.39 is 10.0 Å². The molecule has 1 aliphatic carbocycles. The highest BCUT2D eigenvalue weighted by molar-refractivity contribution is 7.89. The van der Waals surface area contributed by atoms with Crippen LogP contribution in [-0.4, -0.2) is 45.0 Å². The molecular formula is C17H28N4O3S. The van der Waals surface area contributed by atoms with Crippen LogP contribution in [0.3, 0.4) is 0 Å². The SMILES string of the molecule is O=C(CCNS(=O)(=O)c1cccnc1)NCCNC1CCCCCC1. The number of nitrogens with zero attached hydrogens (tertiary/aromatic N) is 1. The smallest absolute Gasteiger partial charge is 0.242 e. The molecule has 1 heterocycles. The Morgan fingerprint density at radius 1 is 1.12 bits per heavy atom. The van der Waals surface area contributed by atoms with Gasteiger partial charge >= 0.3 is 0 Å². The second-order valence-electron chi connectivity index (χ2n) is 6.33. The number of carbonyl (C=O) groups is 1. The summed E-state index contributed by atoms with van der Waals surface area (Å²) in [6.07, 6.45) is 10.5. The van der Waals surface area contributed by atoms with Gasteiger partial charge in [-0.15, -0.1) is 0 Å². The lowest BCUT2D eigenvalue weighted by molar-refractivity contribution is -0.120. The predicted octanol–water partition coefficient (Wildman–Crippen LogP) is 1.18. The van der Waals surface area contributed by atoms with Gasteiger partial charge in [-0.3, -0.25) is 9.78 Å². The van der Waals surface area contributed by atoms with E-state index in [9.17, 15) is 13.2 Å². The van der Waals surface area contributed by atoms with Crippen molar-refractivity contribution in [1.29, 1.82) is 0 Å². The van der Waals surface area contributed by atoms with E-state index in [0.717, 1.165) is 6.54 Å². The minimum Gasteiger partial charge on any atom is -0.355 e. The maximum atomic E-state index is 12.0. The Bertz CT molecular complexity index is 614. The van der Waals surface area contributed by atoms with Crippen LogP contribution in [-0.2, 0) is 14.8 Å². The summed E-state index contributed by atoms with van der Waals surface area (Å²) in [6.45, 7) is 1.38. The fraction of sp³-hybridized carbons (Fsp3) is 0.647. The molecule has 8 heteroatoms. The number of rotatable bonds is 9. The van der Waals surface area contributed by atoms with Crippen LogP contribution in [0.25, 0.3) is 0 Å². The Labute approximate surface area is 150 Å². The van der Waals surface area contributed by atoms with Crippen molar-refractivity contribution in [2.75, 3.05) is 19.6 Å². The lowest BCUT2D eigenvalue weighted by Crippen LogP contribution is -2.38. The highest BCUT2D eigenvalue weighted by Crippen LogP contribution is 2.16. The van der Waals surface area contributed by atoms with Crippen LogP contribution in [0.4, 0.5) is 0 Å². The van der Waals surface area contributed by atoms with E-state index in [1.54, 1.807) is 6.07 Å². The zero-order valence-corrected chi connectivity index (χ0v) is 15.4. The summed E-state index contributed by atoms with van der Waals surface area (Å²) >= 11 is 0. The van der Waals surface area contributed by atoms with Gasteiger partial charge in [-0.25, -0.2) is 13.1 Å². The van der Waals surface area contributed by atoms with Crippen molar-refractivity contribution in [3.05, 3.63) is 24.5 Å². The summed E-state index contributed by atoms with van der Waals surface area (Å²) < 4.78 is 26.4. The number of hydrogen-bond acceptors (Lipinski definition) is 5. The Balaban J connectivity index is 1.58. The molecule has 0 unspecified atom stereocenters. The Morgan fingerprint density at radius 3 is 2.56 bits per heavy atom. The Kier molecular flexibility index (Phi) is 8.30. The maximum absolute atomic E-state index is 12.0. The van der Waals surface area contributed by atoms with Gasteiger partial charge in [0.05, 0.1) is 0 Å². The summed E-state index contributed by atoms with van der Waals surface area (Å²) in [5.74, 6) is -0.156. The second-order valence-corrected chi connectivity index (χ2v) is 8.10. The molecule has 1 saturated carbocycles. The zero-order chi connectivity index (χ0) is 18.0. The van der Waals surface area contributed by atoms with Crippen molar-refractivity contribution in [3.63, 3.8) is 0 Å². The molecule has 0 saturated heterocycles. The van der Waals surface area contributed by atoms with Crippen LogP contribution in [0.15, 0.2) is 29.4 Å². The van der Waals surface area contributed by atoms with Crippen molar-refractivity contribution in [3.8, 4) is 0 Å². The quantitative estimate of drug-likeness (QED) is 0.449. The molecule has 1 amide bonds. The predicted molar refractivity (Wildman–Crippen MR) is 96.5 cm³/mol. The standard InChI is InChI=1S/C17H28N4O3S/c22-17(20-13-12-19-15-6-3-1-2-4-7-15)9-11-21-25(23,24)16-8-5-10-18-14-16/h5,8,10,14-15,19,21H,1-4,6-7,9,11-13H2,(H,20,22). The van der Waals surface area contributed by atoms with Gasteiger partial charge in [0, 0.05) is 44.5 Å². The third kappa shape index (κ3) is 7.50. The summed E-state index contributed by atoms with van der Waals surface area (Å²) in [6, 6.07) is 3.59. The molecule has 0 bridgehead atoms. The minimum absolute atomic E-state index is 0.0686. The van der Waals surface area contributed by atoms with Crippen molar-refractivity contribution in [2.24, 2.45) is 0 Å². The van der Waals surface area contributed by atoms with Crippen molar-refractivity contribution in [2.45, 2.75) is 55.9 Å². The largest absolute Gasteiger partial charge is 0.355 e. The lowest BCUT2D eigenvalue weighted by Gasteiger charge is -2.16. The van der Waals surface area contributed by atoms with E-state index >= 15 is 0 Å². The first kappa shape index (κ1) is 19.8. The average molecular weight is 369 g/mol. The summed E-state index contributed by atoms with van der Waals surface area (Å²) in [4.78, 5) is 15.7. The van der Waals surface area contributed by atoms with E-state index in [0.29, 0.717) is 12.6 Å². The maximum Gasteiger partial charge on any atom is 0.242 e. The lowest BCUT2D eigenvalue weighted by atomic mass is 10.1. The number of aromatic nitrogens is 1. The molecule has 0 atom stereocenters. The van der Waals surface area contributed by atoms with E-state index in [1.165, 1.54) is 57.0 Å². The second kappa shape index (κ2) is 10.5. The molecular weight excluding hydrogens is 340 g/mol. The zero-order valence-electron chi connectivity index (χ0n) is 14.5. The highest BCUT2D eigenvalue weighted by Gasteiger charge is 2.14. The van der Waals surface area contributed by atoms with Crippen LogP contribution < -0.4 is 15.4 Å². The number of hydrogen-bond donors (Lipinski definition) is 3. The Morgan fingerprint density at radius 2 is 1.88 bits per heavy atom. The van der Waals surface area contributed by atoms with Gasteiger partial charge in [0.15, 0.2) is 0 Å². The first-order valence-electron chi connectivity index (χ1n) is 8.98. The number of sulfonamides is 1. The monoisotopic (exact) mass is 368 g/mol. The molecule has 2 rings (SSSR count). The molecule has 1 aliphatic rings. The van der Waals surface area contributed by atoms with Gasteiger partial charge in [0.2, 0.25) is 15.9 Å². The summed E-state index contributed by atoms with van der Waals surface area (Å²) in [7, 11) is -3.60. The fourth-order valence-electron chi connectivity index (χ4n) is 2.94. The molecule has 25 heavy (non-hydrogen) atoms. The first-order valence-corrected chi connectivity index (χ1v) is 10.5. The van der Waals surface area contributed by atoms with Crippen LogP contribution in [0.2, 0.25) is 0 Å². The van der Waals surface area contributed by atoms with Gasteiger partial charge in [0.1, 0.15) is 4.90 Å². The van der Waals surface area contributed by atoms with Crippen LogP contribution in [0.1, 0.15) is 44.9 Å². The molecule has 1 aromatic rings. The molecule has 0 radical (unpaired) electrons. The van der Waals surface area contributed by atoms with Crippen molar-refractivity contribution >= 4 is 15.9 Å². The molecule has 0 aromatic carbocycles. The molecule has 0 spiro atoms. The van der Waals surface area contributed by atoms with Gasteiger partial charge in [-0.2, -0.15) is 0 Å². The Hall–Kier alpha value is -1.51. The fourth-order valence-corrected chi connectivity index (χ4v) is 3.93. The van der Waals surface area contributed by atoms with Gasteiger partial charge in [-0.05, 0) is 25.0 Å². The topological polar surface area (TPSA) is 100 Å². The van der Waals surface area contributed by atoms with Crippen LogP contribution in [0.5, 0.6) is 0 Å². The average Bonchev–Trinajstić information content (AvgIpc) is 2.88. The molecule has 140 valence electrons. The van der Waals surface area contributed by atoms with Gasteiger partial charge in [-0.1, -0.05) is 25.7 Å². The normalized spacial score (nSPS) is 16.3. The van der Waals surface area contributed by atoms with E-state index in [4.69, 9.17) is 0 Å². The van der Waals surface area contributed by atoms with Crippen LogP contribution >= 0.6 is 0 Å².